The number of hydrogen-bond donors (Lipinski definition) is 1. The molecule has 5 heterocycles. The SMILES string of the molecule is CCc1nc(N2CCC(N3CCNCC3)CC2)ccc1-c1cc(C)c2nc(C)cn2c1. The largest absolute Gasteiger partial charge is 0.356 e. The molecule has 0 radical (unpaired) electrons. The molecule has 0 bridgehead atoms. The quantitative estimate of drug-likeness (QED) is 0.703. The average molecular weight is 419 g/mol. The molecule has 0 unspecified atom stereocenters. The average Bonchev–Trinajstić information content (AvgIpc) is 3.20. The van der Waals surface area contributed by atoms with Crippen molar-refractivity contribution >= 4 is 11.5 Å². The zero-order valence-electron chi connectivity index (χ0n) is 19.1. The lowest BCUT2D eigenvalue weighted by Crippen LogP contribution is -2.52. The number of anilines is 1. The summed E-state index contributed by atoms with van der Waals surface area (Å²) in [7, 11) is 0. The summed E-state index contributed by atoms with van der Waals surface area (Å²) in [6.45, 7) is 13.2. The third kappa shape index (κ3) is 4.06. The van der Waals surface area contributed by atoms with Crippen molar-refractivity contribution < 1.29 is 0 Å². The maximum atomic E-state index is 5.12. The first-order valence-corrected chi connectivity index (χ1v) is 11.8. The molecule has 2 aliphatic rings. The van der Waals surface area contributed by atoms with Gasteiger partial charge in [-0.25, -0.2) is 9.97 Å². The first kappa shape index (κ1) is 20.5. The highest BCUT2D eigenvalue weighted by Crippen LogP contribution is 2.29. The van der Waals surface area contributed by atoms with E-state index in [1.54, 1.807) is 0 Å². The van der Waals surface area contributed by atoms with Crippen LogP contribution in [0.1, 0.15) is 36.7 Å². The van der Waals surface area contributed by atoms with Gasteiger partial charge in [0, 0.05) is 68.8 Å². The van der Waals surface area contributed by atoms with E-state index in [0.717, 1.165) is 55.8 Å². The van der Waals surface area contributed by atoms with Crippen molar-refractivity contribution in [3.63, 3.8) is 0 Å². The van der Waals surface area contributed by atoms with Gasteiger partial charge in [0.25, 0.3) is 0 Å². The molecule has 6 heteroatoms. The van der Waals surface area contributed by atoms with Crippen LogP contribution in [0.2, 0.25) is 0 Å². The van der Waals surface area contributed by atoms with Crippen LogP contribution >= 0.6 is 0 Å². The van der Waals surface area contributed by atoms with Crippen LogP contribution in [0.4, 0.5) is 5.82 Å². The third-order valence-electron chi connectivity index (χ3n) is 6.92. The number of hydrogen-bond acceptors (Lipinski definition) is 5. The van der Waals surface area contributed by atoms with E-state index in [0.29, 0.717) is 0 Å². The number of nitrogens with zero attached hydrogens (tertiary/aromatic N) is 5. The molecule has 1 N–H and O–H groups in total. The van der Waals surface area contributed by atoms with E-state index in [9.17, 15) is 0 Å². The van der Waals surface area contributed by atoms with Gasteiger partial charge in [-0.3, -0.25) is 4.90 Å². The number of pyridine rings is 2. The molecular weight excluding hydrogens is 384 g/mol. The Morgan fingerprint density at radius 2 is 1.77 bits per heavy atom. The Labute approximate surface area is 185 Å². The van der Waals surface area contributed by atoms with E-state index in [1.165, 1.54) is 48.3 Å². The molecule has 2 aliphatic heterocycles. The van der Waals surface area contributed by atoms with Crippen LogP contribution in [0.25, 0.3) is 16.8 Å². The van der Waals surface area contributed by atoms with E-state index in [1.807, 2.05) is 6.92 Å². The van der Waals surface area contributed by atoms with Crippen molar-refractivity contribution in [2.24, 2.45) is 0 Å². The molecule has 6 nitrogen and oxygen atoms in total. The number of piperazine rings is 1. The van der Waals surface area contributed by atoms with Gasteiger partial charge in [0.1, 0.15) is 11.5 Å². The van der Waals surface area contributed by atoms with Crippen molar-refractivity contribution in [1.82, 2.24) is 24.6 Å². The van der Waals surface area contributed by atoms with Crippen molar-refractivity contribution in [3.05, 3.63) is 47.5 Å². The Balaban J connectivity index is 1.36. The summed E-state index contributed by atoms with van der Waals surface area (Å²) in [6, 6.07) is 7.47. The van der Waals surface area contributed by atoms with Gasteiger partial charge >= 0.3 is 0 Å². The molecule has 3 aromatic heterocycles. The van der Waals surface area contributed by atoms with E-state index >= 15 is 0 Å². The van der Waals surface area contributed by atoms with Crippen LogP contribution < -0.4 is 10.2 Å². The molecule has 31 heavy (non-hydrogen) atoms. The predicted octanol–water partition coefficient (Wildman–Crippen LogP) is 3.45. The number of rotatable bonds is 4. The molecule has 0 aromatic carbocycles. The van der Waals surface area contributed by atoms with Crippen LogP contribution in [0, 0.1) is 13.8 Å². The lowest BCUT2D eigenvalue weighted by Gasteiger charge is -2.40. The number of imidazole rings is 1. The minimum atomic E-state index is 0.733. The molecule has 0 spiro atoms. The fraction of sp³-hybridized carbons (Fsp3) is 0.520. The molecule has 0 amide bonds. The van der Waals surface area contributed by atoms with E-state index in [2.05, 4.69) is 68.9 Å². The van der Waals surface area contributed by atoms with Crippen molar-refractivity contribution in [2.45, 2.75) is 46.1 Å². The standard InChI is InChI=1S/C25H34N6/c1-4-23-22(20-15-18(2)25-27-19(3)16-31(25)17-20)5-6-24(28-23)30-11-7-21(8-12-30)29-13-9-26-10-14-29/h5-6,15-17,21,26H,4,7-14H2,1-3H3. The second-order valence-electron chi connectivity index (χ2n) is 9.05. The second kappa shape index (κ2) is 8.60. The van der Waals surface area contributed by atoms with Gasteiger partial charge in [-0.1, -0.05) is 6.92 Å². The number of nitrogens with one attached hydrogen (secondary N) is 1. The zero-order chi connectivity index (χ0) is 21.4. The molecule has 3 aromatic rings. The van der Waals surface area contributed by atoms with Crippen molar-refractivity contribution in [2.75, 3.05) is 44.2 Å². The normalized spacial score (nSPS) is 18.7. The van der Waals surface area contributed by atoms with E-state index in [-0.39, 0.29) is 0 Å². The van der Waals surface area contributed by atoms with Crippen LogP contribution in [-0.2, 0) is 6.42 Å². The molecule has 0 aliphatic carbocycles. The zero-order valence-corrected chi connectivity index (χ0v) is 19.1. The van der Waals surface area contributed by atoms with Crippen LogP contribution in [0.3, 0.4) is 0 Å². The smallest absolute Gasteiger partial charge is 0.139 e. The fourth-order valence-electron chi connectivity index (χ4n) is 5.24. The van der Waals surface area contributed by atoms with Gasteiger partial charge in [0.15, 0.2) is 0 Å². The summed E-state index contributed by atoms with van der Waals surface area (Å²) in [5.74, 6) is 1.13. The van der Waals surface area contributed by atoms with Crippen molar-refractivity contribution in [3.8, 4) is 11.1 Å². The molecular formula is C25H34N6. The number of fused-ring (bicyclic) bond motifs is 1. The molecule has 0 saturated carbocycles. The Morgan fingerprint density at radius 1 is 1.00 bits per heavy atom. The molecule has 0 atom stereocenters. The lowest BCUT2D eigenvalue weighted by molar-refractivity contribution is 0.150. The van der Waals surface area contributed by atoms with Gasteiger partial charge in [0.05, 0.1) is 11.4 Å². The first-order valence-electron chi connectivity index (χ1n) is 11.8. The van der Waals surface area contributed by atoms with Gasteiger partial charge < -0.3 is 14.6 Å². The molecule has 2 saturated heterocycles. The van der Waals surface area contributed by atoms with E-state index in [4.69, 9.17) is 4.98 Å². The molecule has 2 fully saturated rings. The Kier molecular flexibility index (Phi) is 5.67. The lowest BCUT2D eigenvalue weighted by atomic mass is 10.0. The van der Waals surface area contributed by atoms with Crippen LogP contribution in [-0.4, -0.2) is 64.6 Å². The van der Waals surface area contributed by atoms with Crippen molar-refractivity contribution in [1.29, 1.82) is 0 Å². The Hall–Kier alpha value is -2.44. The molecule has 5 rings (SSSR count). The highest BCUT2D eigenvalue weighted by Gasteiger charge is 2.26. The van der Waals surface area contributed by atoms with Crippen LogP contribution in [0.5, 0.6) is 0 Å². The summed E-state index contributed by atoms with van der Waals surface area (Å²) < 4.78 is 2.15. The third-order valence-corrected chi connectivity index (χ3v) is 6.92. The summed E-state index contributed by atoms with van der Waals surface area (Å²) in [5.41, 5.74) is 6.92. The summed E-state index contributed by atoms with van der Waals surface area (Å²) in [4.78, 5) is 14.9. The maximum absolute atomic E-state index is 5.12. The van der Waals surface area contributed by atoms with Gasteiger partial charge in [0.2, 0.25) is 0 Å². The van der Waals surface area contributed by atoms with Gasteiger partial charge in [-0.05, 0) is 56.9 Å². The highest BCUT2D eigenvalue weighted by molar-refractivity contribution is 5.70. The monoisotopic (exact) mass is 418 g/mol. The summed E-state index contributed by atoms with van der Waals surface area (Å²) in [5, 5.41) is 3.47. The van der Waals surface area contributed by atoms with Crippen LogP contribution in [0.15, 0.2) is 30.6 Å². The Morgan fingerprint density at radius 3 is 2.52 bits per heavy atom. The minimum absolute atomic E-state index is 0.733. The number of aromatic nitrogens is 3. The first-order chi connectivity index (χ1) is 15.1. The van der Waals surface area contributed by atoms with Gasteiger partial charge in [-0.15, -0.1) is 0 Å². The van der Waals surface area contributed by atoms with Gasteiger partial charge in [-0.2, -0.15) is 0 Å². The number of aryl methyl sites for hydroxylation is 3. The molecule has 164 valence electrons. The topological polar surface area (TPSA) is 48.7 Å². The summed E-state index contributed by atoms with van der Waals surface area (Å²) >= 11 is 0. The summed E-state index contributed by atoms with van der Waals surface area (Å²) in [6.07, 6.45) is 7.70. The predicted molar refractivity (Wildman–Crippen MR) is 127 cm³/mol. The maximum Gasteiger partial charge on any atom is 0.139 e. The Bertz CT molecular complexity index is 1060. The van der Waals surface area contributed by atoms with E-state index < -0.39 is 0 Å². The minimum Gasteiger partial charge on any atom is -0.356 e. The highest BCUT2D eigenvalue weighted by atomic mass is 15.2. The number of piperidine rings is 1. The fourth-order valence-corrected chi connectivity index (χ4v) is 5.24. The second-order valence-corrected chi connectivity index (χ2v) is 9.05.